The maximum Gasteiger partial charge on any atom is 0.245 e. The summed E-state index contributed by atoms with van der Waals surface area (Å²) in [5.74, 6) is -3.58. The highest BCUT2D eigenvalue weighted by Crippen LogP contribution is 2.18. The van der Waals surface area contributed by atoms with Crippen LogP contribution >= 0.6 is 12.6 Å². The van der Waals surface area contributed by atoms with Crippen molar-refractivity contribution in [2.75, 3.05) is 12.3 Å². The van der Waals surface area contributed by atoms with Gasteiger partial charge in [0, 0.05) is 19.4 Å². The lowest BCUT2D eigenvalue weighted by Gasteiger charge is -2.30. The average molecular weight is 648 g/mol. The molecule has 1 aliphatic rings. The van der Waals surface area contributed by atoms with Crippen molar-refractivity contribution in [2.45, 2.75) is 97.7 Å². The van der Waals surface area contributed by atoms with Gasteiger partial charge in [-0.3, -0.25) is 28.8 Å². The standard InChI is InChI=1S/C32H49N5O7S/c1-18(2)14-25(30(41)35-24(26(39)17-45)15-23-12-13-33-29(23)40)36-32(43)28(20(5)44-16-22-10-8-7-9-11-22)37-31(42)27(19(3)4)34-21(6)38/h7-11,18-20,23-25,27-28,45H,12-17H2,1-6H3,(H,33,40)(H,34,38)(H,35,41)(H,36,43)(H,37,42)/t20-,23+,24+,25+,27+,28+/m1/s1. The first-order valence-corrected chi connectivity index (χ1v) is 16.1. The fourth-order valence-corrected chi connectivity index (χ4v) is 5.28. The van der Waals surface area contributed by atoms with E-state index in [4.69, 9.17) is 4.74 Å². The monoisotopic (exact) mass is 647 g/mol. The fraction of sp³-hybridized carbons (Fsp3) is 0.625. The summed E-state index contributed by atoms with van der Waals surface area (Å²) in [6.07, 6.45) is 0.0858. The fourth-order valence-electron chi connectivity index (χ4n) is 5.06. The van der Waals surface area contributed by atoms with Crippen LogP contribution in [-0.4, -0.2) is 77.9 Å². The number of carbonyl (C=O) groups is 6. The molecule has 0 radical (unpaired) electrons. The third-order valence-electron chi connectivity index (χ3n) is 7.60. The summed E-state index contributed by atoms with van der Waals surface area (Å²) in [5, 5.41) is 13.6. The number of ketones is 1. The highest BCUT2D eigenvalue weighted by atomic mass is 32.1. The van der Waals surface area contributed by atoms with Gasteiger partial charge in [-0.25, -0.2) is 0 Å². The van der Waals surface area contributed by atoms with Crippen molar-refractivity contribution in [3.05, 3.63) is 35.9 Å². The predicted octanol–water partition coefficient (Wildman–Crippen LogP) is 1.28. The number of hydrogen-bond donors (Lipinski definition) is 6. The lowest BCUT2D eigenvalue weighted by Crippen LogP contribution is -2.61. The quantitative estimate of drug-likeness (QED) is 0.130. The van der Waals surface area contributed by atoms with Crippen LogP contribution in [0.3, 0.4) is 0 Å². The van der Waals surface area contributed by atoms with E-state index in [1.807, 2.05) is 44.2 Å². The number of benzene rings is 1. The van der Waals surface area contributed by atoms with Gasteiger partial charge in [0.1, 0.15) is 18.1 Å². The van der Waals surface area contributed by atoms with Gasteiger partial charge in [-0.05, 0) is 43.6 Å². The Morgan fingerprint density at radius 1 is 0.889 bits per heavy atom. The summed E-state index contributed by atoms with van der Waals surface area (Å²) in [4.78, 5) is 77.4. The van der Waals surface area contributed by atoms with Gasteiger partial charge in [0.15, 0.2) is 5.78 Å². The Kier molecular flexibility index (Phi) is 15.5. The molecule has 6 atom stereocenters. The summed E-state index contributed by atoms with van der Waals surface area (Å²) in [5.41, 5.74) is 0.862. The van der Waals surface area contributed by atoms with Gasteiger partial charge in [-0.15, -0.1) is 0 Å². The lowest BCUT2D eigenvalue weighted by molar-refractivity contribution is -0.138. The van der Waals surface area contributed by atoms with Crippen LogP contribution in [0.5, 0.6) is 0 Å². The lowest BCUT2D eigenvalue weighted by atomic mass is 9.95. The van der Waals surface area contributed by atoms with Gasteiger partial charge in [0.25, 0.3) is 0 Å². The Balaban J connectivity index is 2.29. The number of amides is 5. The Hall–Kier alpha value is -3.45. The molecule has 1 aliphatic heterocycles. The molecular formula is C32H49N5O7S. The molecule has 1 heterocycles. The summed E-state index contributed by atoms with van der Waals surface area (Å²) in [7, 11) is 0. The molecule has 1 aromatic carbocycles. The number of rotatable bonds is 18. The van der Waals surface area contributed by atoms with E-state index in [0.717, 1.165) is 5.56 Å². The molecule has 13 heteroatoms. The molecule has 45 heavy (non-hydrogen) atoms. The molecule has 2 rings (SSSR count). The van der Waals surface area contributed by atoms with Crippen molar-refractivity contribution in [2.24, 2.45) is 17.8 Å². The van der Waals surface area contributed by atoms with Crippen LogP contribution in [0.1, 0.15) is 66.4 Å². The van der Waals surface area contributed by atoms with E-state index in [-0.39, 0.29) is 48.7 Å². The number of ether oxygens (including phenoxy) is 1. The second-order valence-corrected chi connectivity index (χ2v) is 12.6. The zero-order chi connectivity index (χ0) is 33.7. The predicted molar refractivity (Wildman–Crippen MR) is 173 cm³/mol. The smallest absolute Gasteiger partial charge is 0.245 e. The molecule has 250 valence electrons. The summed E-state index contributed by atoms with van der Waals surface area (Å²) in [6.45, 7) is 10.9. The second kappa shape index (κ2) is 18.5. The highest BCUT2D eigenvalue weighted by molar-refractivity contribution is 7.81. The van der Waals surface area contributed by atoms with Crippen LogP contribution in [0, 0.1) is 17.8 Å². The molecule has 0 aromatic heterocycles. The minimum atomic E-state index is -1.23. The van der Waals surface area contributed by atoms with Crippen LogP contribution in [0.4, 0.5) is 0 Å². The van der Waals surface area contributed by atoms with Crippen molar-refractivity contribution < 1.29 is 33.5 Å². The van der Waals surface area contributed by atoms with E-state index < -0.39 is 59.8 Å². The van der Waals surface area contributed by atoms with Gasteiger partial charge >= 0.3 is 0 Å². The SMILES string of the molecule is CC(=O)N[C@H](C(=O)N[C@H](C(=O)N[C@@H](CC(C)C)C(=O)N[C@@H](C[C@@H]1CCNC1=O)C(=O)CS)[C@@H](C)OCc1ccccc1)C(C)C. The summed E-state index contributed by atoms with van der Waals surface area (Å²) >= 11 is 4.09. The number of nitrogens with one attached hydrogen (secondary N) is 5. The zero-order valence-electron chi connectivity index (χ0n) is 27.1. The van der Waals surface area contributed by atoms with Gasteiger partial charge in [-0.2, -0.15) is 12.6 Å². The van der Waals surface area contributed by atoms with Crippen LogP contribution < -0.4 is 26.6 Å². The third-order valence-corrected chi connectivity index (χ3v) is 7.91. The largest absolute Gasteiger partial charge is 0.371 e. The molecule has 1 saturated heterocycles. The van der Waals surface area contributed by atoms with E-state index in [9.17, 15) is 28.8 Å². The third kappa shape index (κ3) is 12.5. The molecule has 1 fully saturated rings. The summed E-state index contributed by atoms with van der Waals surface area (Å²) < 4.78 is 6.00. The molecule has 5 amide bonds. The average Bonchev–Trinajstić information content (AvgIpc) is 3.39. The second-order valence-electron chi connectivity index (χ2n) is 12.3. The van der Waals surface area contributed by atoms with Gasteiger partial charge < -0.3 is 31.3 Å². The molecule has 5 N–H and O–H groups in total. The van der Waals surface area contributed by atoms with Crippen LogP contribution in [0.15, 0.2) is 30.3 Å². The Morgan fingerprint density at radius 3 is 2.04 bits per heavy atom. The van der Waals surface area contributed by atoms with Crippen molar-refractivity contribution in [1.29, 1.82) is 0 Å². The van der Waals surface area contributed by atoms with Gasteiger partial charge in [-0.1, -0.05) is 58.0 Å². The van der Waals surface area contributed by atoms with Crippen molar-refractivity contribution in [3.63, 3.8) is 0 Å². The normalized spacial score (nSPS) is 17.9. The molecule has 0 saturated carbocycles. The minimum absolute atomic E-state index is 0.0226. The van der Waals surface area contributed by atoms with E-state index in [1.54, 1.807) is 20.8 Å². The maximum absolute atomic E-state index is 13.8. The highest BCUT2D eigenvalue weighted by Gasteiger charge is 2.36. The van der Waals surface area contributed by atoms with E-state index in [2.05, 4.69) is 39.2 Å². The van der Waals surface area contributed by atoms with Crippen LogP contribution in [-0.2, 0) is 40.1 Å². The summed E-state index contributed by atoms with van der Waals surface area (Å²) in [6, 6.07) is 5.18. The molecule has 0 aliphatic carbocycles. The Labute approximate surface area is 271 Å². The first-order valence-electron chi connectivity index (χ1n) is 15.5. The number of Topliss-reactive ketones (excluding diaryl/α,β-unsaturated/α-hetero) is 1. The molecular weight excluding hydrogens is 598 g/mol. The molecule has 0 unspecified atom stereocenters. The maximum atomic E-state index is 13.8. The van der Waals surface area contributed by atoms with Gasteiger partial charge in [0.05, 0.1) is 24.5 Å². The van der Waals surface area contributed by atoms with E-state index >= 15 is 0 Å². The molecule has 0 spiro atoms. The molecule has 1 aromatic rings. The number of carbonyl (C=O) groups excluding carboxylic acids is 6. The minimum Gasteiger partial charge on any atom is -0.371 e. The number of thiol groups is 1. The first kappa shape index (κ1) is 37.7. The Bertz CT molecular complexity index is 1180. The first-order chi connectivity index (χ1) is 21.2. The Morgan fingerprint density at radius 2 is 1.51 bits per heavy atom. The van der Waals surface area contributed by atoms with Gasteiger partial charge in [0.2, 0.25) is 29.5 Å². The zero-order valence-corrected chi connectivity index (χ0v) is 27.9. The molecule has 0 bridgehead atoms. The van der Waals surface area contributed by atoms with Crippen molar-refractivity contribution >= 4 is 47.9 Å². The van der Waals surface area contributed by atoms with Crippen LogP contribution in [0.25, 0.3) is 0 Å². The van der Waals surface area contributed by atoms with E-state index in [0.29, 0.717) is 13.0 Å². The topological polar surface area (TPSA) is 172 Å². The number of hydrogen-bond acceptors (Lipinski definition) is 8. The van der Waals surface area contributed by atoms with E-state index in [1.165, 1.54) is 6.92 Å². The van der Waals surface area contributed by atoms with Crippen molar-refractivity contribution in [3.8, 4) is 0 Å². The van der Waals surface area contributed by atoms with Crippen LogP contribution in [0.2, 0.25) is 0 Å². The van der Waals surface area contributed by atoms with Crippen molar-refractivity contribution in [1.82, 2.24) is 26.6 Å². The molecule has 12 nitrogen and oxygen atoms in total.